The maximum Gasteiger partial charge on any atom is 0.145 e. The largest absolute Gasteiger partial charge is 0.516 e. The molecule has 3 heteroatoms. The molecule has 0 saturated carbocycles. The van der Waals surface area contributed by atoms with Gasteiger partial charge in [-0.05, 0) is 19.1 Å². The van der Waals surface area contributed by atoms with Gasteiger partial charge in [-0.25, -0.2) is 0 Å². The van der Waals surface area contributed by atoms with Crippen LogP contribution in [-0.4, -0.2) is 5.11 Å². The van der Waals surface area contributed by atoms with Crippen molar-refractivity contribution in [3.63, 3.8) is 0 Å². The summed E-state index contributed by atoms with van der Waals surface area (Å²) >= 11 is 0. The molecule has 0 unspecified atom stereocenters. The SMILES string of the molecule is C=CO.C=COCc1ccc(C)o1. The third-order valence-corrected chi connectivity index (χ3v) is 1.14. The first-order valence-corrected chi connectivity index (χ1v) is 3.77. The minimum atomic E-state index is 0.470. The lowest BCUT2D eigenvalue weighted by Gasteiger charge is -1.93. The normalized spacial score (nSPS) is 8.08. The van der Waals surface area contributed by atoms with Gasteiger partial charge in [-0.3, -0.25) is 0 Å². The van der Waals surface area contributed by atoms with Gasteiger partial charge in [0, 0.05) is 0 Å². The summed E-state index contributed by atoms with van der Waals surface area (Å²) in [4.78, 5) is 0. The van der Waals surface area contributed by atoms with E-state index >= 15 is 0 Å². The van der Waals surface area contributed by atoms with Crippen LogP contribution in [0.3, 0.4) is 0 Å². The van der Waals surface area contributed by atoms with Crippen molar-refractivity contribution in [3.05, 3.63) is 49.3 Å². The quantitative estimate of drug-likeness (QED) is 0.731. The summed E-state index contributed by atoms with van der Waals surface area (Å²) in [5.41, 5.74) is 0. The molecule has 0 spiro atoms. The molecule has 1 N–H and O–H groups in total. The summed E-state index contributed by atoms with van der Waals surface area (Å²) < 4.78 is 10.1. The molecule has 0 aliphatic carbocycles. The number of rotatable bonds is 3. The number of furan rings is 1. The van der Waals surface area contributed by atoms with E-state index in [0.29, 0.717) is 6.61 Å². The molecule has 0 fully saturated rings. The van der Waals surface area contributed by atoms with E-state index in [1.807, 2.05) is 19.1 Å². The Hall–Kier alpha value is -1.64. The number of hydrogen-bond acceptors (Lipinski definition) is 3. The van der Waals surface area contributed by atoms with Crippen LogP contribution in [0, 0.1) is 6.92 Å². The van der Waals surface area contributed by atoms with Crippen molar-refractivity contribution in [1.82, 2.24) is 0 Å². The predicted octanol–water partition coefficient (Wildman–Crippen LogP) is 2.94. The van der Waals surface area contributed by atoms with Gasteiger partial charge in [0.25, 0.3) is 0 Å². The lowest BCUT2D eigenvalue weighted by molar-refractivity contribution is 0.209. The fourth-order valence-corrected chi connectivity index (χ4v) is 0.704. The smallest absolute Gasteiger partial charge is 0.145 e. The molecule has 1 aromatic rings. The Kier molecular flexibility index (Phi) is 6.15. The Morgan fingerprint density at radius 2 is 2.15 bits per heavy atom. The van der Waals surface area contributed by atoms with Crippen molar-refractivity contribution < 1.29 is 14.3 Å². The lowest BCUT2D eigenvalue weighted by atomic mass is 10.4. The average molecular weight is 182 g/mol. The second kappa shape index (κ2) is 7.03. The Bertz CT molecular complexity index is 250. The van der Waals surface area contributed by atoms with E-state index in [2.05, 4.69) is 13.2 Å². The Morgan fingerprint density at radius 3 is 2.54 bits per heavy atom. The van der Waals surface area contributed by atoms with Gasteiger partial charge in [-0.1, -0.05) is 13.2 Å². The van der Waals surface area contributed by atoms with Crippen LogP contribution < -0.4 is 0 Å². The van der Waals surface area contributed by atoms with E-state index in [1.165, 1.54) is 6.26 Å². The van der Waals surface area contributed by atoms with Crippen LogP contribution in [0.25, 0.3) is 0 Å². The molecule has 72 valence electrons. The summed E-state index contributed by atoms with van der Waals surface area (Å²) in [6.45, 7) is 8.71. The first kappa shape index (κ1) is 11.4. The maximum absolute atomic E-state index is 7.33. The zero-order chi connectivity index (χ0) is 10.1. The van der Waals surface area contributed by atoms with Gasteiger partial charge < -0.3 is 14.3 Å². The van der Waals surface area contributed by atoms with Gasteiger partial charge in [0.2, 0.25) is 0 Å². The molecule has 1 heterocycles. The standard InChI is InChI=1S/C8H10O2.C2H4O/c1-3-9-6-8-5-4-7(2)10-8;1-2-3/h3-5H,1,6H2,2H3;2-3H,1H2. The number of aliphatic hydroxyl groups is 1. The highest BCUT2D eigenvalue weighted by molar-refractivity contribution is 5.04. The van der Waals surface area contributed by atoms with Gasteiger partial charge in [0.1, 0.15) is 18.1 Å². The van der Waals surface area contributed by atoms with E-state index in [9.17, 15) is 0 Å². The fraction of sp³-hybridized carbons (Fsp3) is 0.200. The first-order valence-electron chi connectivity index (χ1n) is 3.77. The minimum absolute atomic E-state index is 0.470. The van der Waals surface area contributed by atoms with E-state index in [0.717, 1.165) is 17.8 Å². The van der Waals surface area contributed by atoms with Crippen LogP contribution in [-0.2, 0) is 11.3 Å². The molecule has 0 radical (unpaired) electrons. The van der Waals surface area contributed by atoms with Gasteiger partial charge in [-0.2, -0.15) is 0 Å². The molecule has 0 bridgehead atoms. The summed E-state index contributed by atoms with van der Waals surface area (Å²) in [5, 5.41) is 7.33. The molecule has 1 aromatic heterocycles. The first-order chi connectivity index (χ1) is 6.24. The van der Waals surface area contributed by atoms with E-state index < -0.39 is 0 Å². The molecule has 0 atom stereocenters. The third-order valence-electron chi connectivity index (χ3n) is 1.14. The van der Waals surface area contributed by atoms with Crippen molar-refractivity contribution in [3.8, 4) is 0 Å². The highest BCUT2D eigenvalue weighted by atomic mass is 16.5. The van der Waals surface area contributed by atoms with Crippen LogP contribution in [0.2, 0.25) is 0 Å². The van der Waals surface area contributed by atoms with E-state index in [-0.39, 0.29) is 0 Å². The zero-order valence-electron chi connectivity index (χ0n) is 7.69. The second-order valence-corrected chi connectivity index (χ2v) is 2.17. The molecule has 0 aliphatic rings. The van der Waals surface area contributed by atoms with Crippen molar-refractivity contribution in [2.24, 2.45) is 0 Å². The highest BCUT2D eigenvalue weighted by Crippen LogP contribution is 2.06. The van der Waals surface area contributed by atoms with Crippen molar-refractivity contribution in [2.45, 2.75) is 13.5 Å². The van der Waals surface area contributed by atoms with Gasteiger partial charge in [-0.15, -0.1) is 0 Å². The topological polar surface area (TPSA) is 42.6 Å². The van der Waals surface area contributed by atoms with Crippen LogP contribution >= 0.6 is 0 Å². The minimum Gasteiger partial charge on any atom is -0.516 e. The Balaban J connectivity index is 0.000000424. The molecule has 0 saturated heterocycles. The maximum atomic E-state index is 7.33. The van der Waals surface area contributed by atoms with E-state index in [1.54, 1.807) is 0 Å². The van der Waals surface area contributed by atoms with Gasteiger partial charge in [0.15, 0.2) is 0 Å². The van der Waals surface area contributed by atoms with Crippen LogP contribution in [0.1, 0.15) is 11.5 Å². The second-order valence-electron chi connectivity index (χ2n) is 2.17. The highest BCUT2D eigenvalue weighted by Gasteiger charge is 1.95. The molecule has 0 amide bonds. The average Bonchev–Trinajstić information content (AvgIpc) is 2.49. The molecule has 13 heavy (non-hydrogen) atoms. The summed E-state index contributed by atoms with van der Waals surface area (Å²) in [6, 6.07) is 3.79. The van der Waals surface area contributed by atoms with Crippen molar-refractivity contribution in [1.29, 1.82) is 0 Å². The van der Waals surface area contributed by atoms with Crippen molar-refractivity contribution >= 4 is 0 Å². The predicted molar refractivity (Wildman–Crippen MR) is 51.3 cm³/mol. The summed E-state index contributed by atoms with van der Waals surface area (Å²) in [7, 11) is 0. The zero-order valence-corrected chi connectivity index (χ0v) is 7.69. The monoisotopic (exact) mass is 182 g/mol. The number of hydrogen-bond donors (Lipinski definition) is 1. The molecule has 0 aromatic carbocycles. The molecular weight excluding hydrogens is 168 g/mol. The van der Waals surface area contributed by atoms with Gasteiger partial charge in [0.05, 0.1) is 12.5 Å². The van der Waals surface area contributed by atoms with Crippen LogP contribution in [0.15, 0.2) is 42.2 Å². The summed E-state index contributed by atoms with van der Waals surface area (Å²) in [5.74, 6) is 1.74. The Labute approximate surface area is 77.9 Å². The summed E-state index contributed by atoms with van der Waals surface area (Å²) in [6.07, 6.45) is 2.15. The van der Waals surface area contributed by atoms with Gasteiger partial charge >= 0.3 is 0 Å². The van der Waals surface area contributed by atoms with Crippen LogP contribution in [0.5, 0.6) is 0 Å². The lowest BCUT2D eigenvalue weighted by Crippen LogP contribution is -1.80. The molecule has 0 aliphatic heterocycles. The van der Waals surface area contributed by atoms with Crippen molar-refractivity contribution in [2.75, 3.05) is 0 Å². The molecule has 1 rings (SSSR count). The number of aryl methyl sites for hydroxylation is 1. The Morgan fingerprint density at radius 1 is 1.54 bits per heavy atom. The fourth-order valence-electron chi connectivity index (χ4n) is 0.704. The molecule has 3 nitrogen and oxygen atoms in total. The number of ether oxygens (including phenoxy) is 1. The third kappa shape index (κ3) is 5.61. The molecular formula is C10H14O3. The number of aliphatic hydroxyl groups excluding tert-OH is 1. The van der Waals surface area contributed by atoms with E-state index in [4.69, 9.17) is 14.3 Å². The van der Waals surface area contributed by atoms with Crippen LogP contribution in [0.4, 0.5) is 0 Å².